The molecule has 5 nitrogen and oxygen atoms in total. The van der Waals surface area contributed by atoms with Gasteiger partial charge in [0.1, 0.15) is 0 Å². The smallest absolute Gasteiger partial charge is 0.298 e. The SMILES string of the molecule is CCOc1c(I)cc(/C=C2\SC(=O)N(c3ccccc3Cl)C2=O)cc1OC. The molecule has 0 aromatic heterocycles. The van der Waals surface area contributed by atoms with E-state index in [4.69, 9.17) is 21.1 Å². The van der Waals surface area contributed by atoms with Crippen molar-refractivity contribution in [1.82, 2.24) is 0 Å². The Hall–Kier alpha value is -1.71. The van der Waals surface area contributed by atoms with E-state index in [2.05, 4.69) is 22.6 Å². The lowest BCUT2D eigenvalue weighted by atomic mass is 10.1. The third kappa shape index (κ3) is 4.09. The van der Waals surface area contributed by atoms with Crippen molar-refractivity contribution in [2.75, 3.05) is 18.6 Å². The number of hydrogen-bond donors (Lipinski definition) is 0. The molecule has 1 aliphatic heterocycles. The second kappa shape index (κ2) is 8.53. The van der Waals surface area contributed by atoms with Crippen molar-refractivity contribution in [1.29, 1.82) is 0 Å². The Balaban J connectivity index is 1.97. The lowest BCUT2D eigenvalue weighted by Gasteiger charge is -2.14. The van der Waals surface area contributed by atoms with Gasteiger partial charge in [-0.05, 0) is 77.2 Å². The third-order valence-electron chi connectivity index (χ3n) is 3.73. The number of halogens is 2. The number of hydrogen-bond acceptors (Lipinski definition) is 5. The van der Waals surface area contributed by atoms with Crippen molar-refractivity contribution in [2.24, 2.45) is 0 Å². The average molecular weight is 516 g/mol. The maximum Gasteiger partial charge on any atom is 0.298 e. The molecule has 0 radical (unpaired) electrons. The molecule has 140 valence electrons. The molecule has 0 saturated carbocycles. The summed E-state index contributed by atoms with van der Waals surface area (Å²) >= 11 is 9.17. The summed E-state index contributed by atoms with van der Waals surface area (Å²) in [5.74, 6) is 0.822. The molecule has 0 aliphatic carbocycles. The van der Waals surface area contributed by atoms with Gasteiger partial charge in [-0.25, -0.2) is 4.90 Å². The molecule has 27 heavy (non-hydrogen) atoms. The van der Waals surface area contributed by atoms with Crippen LogP contribution in [0.25, 0.3) is 6.08 Å². The Labute approximate surface area is 179 Å². The number of carbonyl (C=O) groups is 2. The molecule has 0 unspecified atom stereocenters. The van der Waals surface area contributed by atoms with Gasteiger partial charge in [0.2, 0.25) is 0 Å². The van der Waals surface area contributed by atoms with Gasteiger partial charge in [-0.1, -0.05) is 23.7 Å². The van der Waals surface area contributed by atoms with E-state index in [0.29, 0.717) is 33.7 Å². The van der Waals surface area contributed by atoms with Crippen molar-refractivity contribution in [2.45, 2.75) is 6.92 Å². The van der Waals surface area contributed by atoms with E-state index in [1.807, 2.05) is 13.0 Å². The predicted octanol–water partition coefficient (Wildman–Crippen LogP) is 5.59. The second-order valence-corrected chi connectivity index (χ2v) is 8.00. The lowest BCUT2D eigenvalue weighted by Crippen LogP contribution is -2.27. The Morgan fingerprint density at radius 1 is 1.26 bits per heavy atom. The number of thioether (sulfide) groups is 1. The van der Waals surface area contributed by atoms with Crippen LogP contribution in [0.1, 0.15) is 12.5 Å². The molecule has 0 spiro atoms. The maximum atomic E-state index is 12.8. The normalized spacial score (nSPS) is 15.6. The largest absolute Gasteiger partial charge is 0.493 e. The van der Waals surface area contributed by atoms with E-state index < -0.39 is 5.91 Å². The van der Waals surface area contributed by atoms with E-state index in [0.717, 1.165) is 25.8 Å². The molecule has 1 aliphatic rings. The fourth-order valence-electron chi connectivity index (χ4n) is 2.57. The quantitative estimate of drug-likeness (QED) is 0.384. The number of methoxy groups -OCH3 is 1. The van der Waals surface area contributed by atoms with E-state index >= 15 is 0 Å². The molecular weight excluding hydrogens is 501 g/mol. The summed E-state index contributed by atoms with van der Waals surface area (Å²) in [6.45, 7) is 2.41. The highest BCUT2D eigenvalue weighted by Gasteiger charge is 2.37. The molecule has 2 aromatic rings. The van der Waals surface area contributed by atoms with Crippen LogP contribution in [0.4, 0.5) is 10.5 Å². The molecular formula is C19H15ClINO4S. The van der Waals surface area contributed by atoms with Gasteiger partial charge in [-0.2, -0.15) is 0 Å². The van der Waals surface area contributed by atoms with Crippen LogP contribution in [0, 0.1) is 3.57 Å². The number of nitrogens with zero attached hydrogens (tertiary/aromatic N) is 1. The molecule has 1 heterocycles. The van der Waals surface area contributed by atoms with E-state index in [1.54, 1.807) is 43.5 Å². The maximum absolute atomic E-state index is 12.8. The summed E-state index contributed by atoms with van der Waals surface area (Å²) in [4.78, 5) is 26.6. The van der Waals surface area contributed by atoms with Crippen LogP contribution in [0.15, 0.2) is 41.3 Å². The van der Waals surface area contributed by atoms with Gasteiger partial charge in [0.25, 0.3) is 11.1 Å². The highest BCUT2D eigenvalue weighted by Crippen LogP contribution is 2.40. The van der Waals surface area contributed by atoms with Gasteiger partial charge >= 0.3 is 0 Å². The Bertz CT molecular complexity index is 947. The van der Waals surface area contributed by atoms with Crippen molar-refractivity contribution >= 4 is 68.9 Å². The first-order chi connectivity index (χ1) is 13.0. The summed E-state index contributed by atoms with van der Waals surface area (Å²) in [5.41, 5.74) is 1.12. The van der Waals surface area contributed by atoms with Gasteiger partial charge in [0, 0.05) is 0 Å². The van der Waals surface area contributed by atoms with Gasteiger partial charge in [0.05, 0.1) is 32.9 Å². The summed E-state index contributed by atoms with van der Waals surface area (Å²) in [5, 5.41) is -0.0368. The molecule has 2 aromatic carbocycles. The summed E-state index contributed by atoms with van der Waals surface area (Å²) in [6.07, 6.45) is 1.67. The monoisotopic (exact) mass is 515 g/mol. The number of benzene rings is 2. The molecule has 8 heteroatoms. The molecule has 3 rings (SSSR count). The number of rotatable bonds is 5. The average Bonchev–Trinajstić information content (AvgIpc) is 2.91. The number of carbonyl (C=O) groups excluding carboxylic acids is 2. The number of para-hydroxylation sites is 1. The number of ether oxygens (including phenoxy) is 2. The molecule has 0 bridgehead atoms. The molecule has 0 atom stereocenters. The van der Waals surface area contributed by atoms with Crippen molar-refractivity contribution < 1.29 is 19.1 Å². The molecule has 1 saturated heterocycles. The van der Waals surface area contributed by atoms with Crippen LogP contribution in [0.2, 0.25) is 5.02 Å². The lowest BCUT2D eigenvalue weighted by molar-refractivity contribution is -0.113. The molecule has 1 fully saturated rings. The van der Waals surface area contributed by atoms with Crippen LogP contribution in [0.3, 0.4) is 0 Å². The van der Waals surface area contributed by atoms with E-state index in [-0.39, 0.29) is 5.24 Å². The number of amides is 2. The van der Waals surface area contributed by atoms with Crippen LogP contribution >= 0.6 is 46.0 Å². The van der Waals surface area contributed by atoms with E-state index in [9.17, 15) is 9.59 Å². The van der Waals surface area contributed by atoms with Crippen LogP contribution in [-0.2, 0) is 4.79 Å². The van der Waals surface area contributed by atoms with E-state index in [1.165, 1.54) is 0 Å². The fraction of sp³-hybridized carbons (Fsp3) is 0.158. The first kappa shape index (κ1) is 20.0. The number of anilines is 1. The number of imide groups is 1. The second-order valence-electron chi connectivity index (χ2n) is 5.44. The molecule has 2 amide bonds. The first-order valence-electron chi connectivity index (χ1n) is 7.99. The van der Waals surface area contributed by atoms with Gasteiger partial charge in [0.15, 0.2) is 11.5 Å². The van der Waals surface area contributed by atoms with Gasteiger partial charge in [-0.3, -0.25) is 9.59 Å². The zero-order valence-electron chi connectivity index (χ0n) is 14.5. The Morgan fingerprint density at radius 3 is 2.67 bits per heavy atom. The minimum atomic E-state index is -0.402. The van der Waals surface area contributed by atoms with Crippen LogP contribution < -0.4 is 14.4 Å². The fourth-order valence-corrected chi connectivity index (χ4v) is 4.40. The Morgan fingerprint density at radius 2 is 2.00 bits per heavy atom. The summed E-state index contributed by atoms with van der Waals surface area (Å²) in [6, 6.07) is 10.4. The zero-order valence-corrected chi connectivity index (χ0v) is 18.2. The van der Waals surface area contributed by atoms with Crippen molar-refractivity contribution in [3.05, 3.63) is 55.5 Å². The van der Waals surface area contributed by atoms with Crippen LogP contribution in [-0.4, -0.2) is 24.9 Å². The topological polar surface area (TPSA) is 55.8 Å². The highest BCUT2D eigenvalue weighted by atomic mass is 127. The summed E-state index contributed by atoms with van der Waals surface area (Å²) < 4.78 is 11.9. The minimum absolute atomic E-state index is 0.321. The van der Waals surface area contributed by atoms with Gasteiger partial charge in [-0.15, -0.1) is 0 Å². The Kier molecular flexibility index (Phi) is 6.33. The predicted molar refractivity (Wildman–Crippen MR) is 117 cm³/mol. The zero-order chi connectivity index (χ0) is 19.6. The van der Waals surface area contributed by atoms with Crippen molar-refractivity contribution in [3.8, 4) is 11.5 Å². The minimum Gasteiger partial charge on any atom is -0.493 e. The summed E-state index contributed by atoms with van der Waals surface area (Å²) in [7, 11) is 1.56. The first-order valence-corrected chi connectivity index (χ1v) is 10.3. The van der Waals surface area contributed by atoms with Crippen LogP contribution in [0.5, 0.6) is 11.5 Å². The molecule has 0 N–H and O–H groups in total. The standard InChI is InChI=1S/C19H15ClINO4S/c1-3-26-17-13(21)8-11(9-15(17)25-2)10-16-18(23)22(19(24)27-16)14-7-5-4-6-12(14)20/h4-10H,3H2,1-2H3/b16-10-. The van der Waals surface area contributed by atoms with Gasteiger partial charge < -0.3 is 9.47 Å². The highest BCUT2D eigenvalue weighted by molar-refractivity contribution is 14.1. The van der Waals surface area contributed by atoms with Crippen molar-refractivity contribution in [3.63, 3.8) is 0 Å². The third-order valence-corrected chi connectivity index (χ3v) is 5.72.